The van der Waals surface area contributed by atoms with Gasteiger partial charge in [0.15, 0.2) is 12.1 Å². The van der Waals surface area contributed by atoms with E-state index in [0.29, 0.717) is 18.0 Å². The number of hydrogen-bond acceptors (Lipinski definition) is 3. The third-order valence-electron chi connectivity index (χ3n) is 4.30. The largest absolute Gasteiger partial charge is 0.361 e. The molecule has 4 heteroatoms. The van der Waals surface area contributed by atoms with E-state index < -0.39 is 0 Å². The molecule has 1 aromatic rings. The Labute approximate surface area is 148 Å². The summed E-state index contributed by atoms with van der Waals surface area (Å²) in [6.45, 7) is 8.15. The zero-order chi connectivity index (χ0) is 17.7. The molecule has 4 nitrogen and oxygen atoms in total. The summed E-state index contributed by atoms with van der Waals surface area (Å²) in [5, 5.41) is 0. The molecule has 0 aliphatic carbocycles. The Morgan fingerprint density at radius 2 is 1.58 bits per heavy atom. The summed E-state index contributed by atoms with van der Waals surface area (Å²) in [6.07, 6.45) is 17.4. The number of aromatic nitrogens is 2. The maximum absolute atomic E-state index is 10.7. The van der Waals surface area contributed by atoms with E-state index in [2.05, 4.69) is 25.8 Å². The van der Waals surface area contributed by atoms with Gasteiger partial charge in [-0.15, -0.1) is 0 Å². The molecule has 0 bridgehead atoms. The standard InChI is InChI=1S/C20H36N2O2/c1-20(2,3)13-11-9-7-5-4-6-8-10-12-16-24-18-22-15-14-21-19(22)17-23/h14-15,17H,4-13,16,18H2,1-3H3. The Hall–Kier alpha value is -1.16. The van der Waals surface area contributed by atoms with Gasteiger partial charge in [-0.1, -0.05) is 72.1 Å². The smallest absolute Gasteiger partial charge is 0.185 e. The Bertz CT molecular complexity index is 435. The first kappa shape index (κ1) is 20.9. The summed E-state index contributed by atoms with van der Waals surface area (Å²) < 4.78 is 7.31. The van der Waals surface area contributed by atoms with E-state index in [1.807, 2.05) is 0 Å². The molecule has 0 aliphatic heterocycles. The number of unbranched alkanes of at least 4 members (excludes halogenated alkanes) is 8. The lowest BCUT2D eigenvalue weighted by Crippen LogP contribution is -2.06. The van der Waals surface area contributed by atoms with Crippen molar-refractivity contribution in [3.8, 4) is 0 Å². The minimum Gasteiger partial charge on any atom is -0.361 e. The fraction of sp³-hybridized carbons (Fsp3) is 0.800. The zero-order valence-corrected chi connectivity index (χ0v) is 15.9. The topological polar surface area (TPSA) is 44.1 Å². The molecular formula is C20H36N2O2. The Morgan fingerprint density at radius 3 is 2.17 bits per heavy atom. The monoisotopic (exact) mass is 336 g/mol. The van der Waals surface area contributed by atoms with Crippen LogP contribution in [0.1, 0.15) is 95.6 Å². The summed E-state index contributed by atoms with van der Waals surface area (Å²) in [4.78, 5) is 14.6. The van der Waals surface area contributed by atoms with Crippen molar-refractivity contribution in [2.45, 2.75) is 91.7 Å². The first-order valence-corrected chi connectivity index (χ1v) is 9.57. The molecule has 0 atom stereocenters. The van der Waals surface area contributed by atoms with E-state index in [0.717, 1.165) is 19.3 Å². The van der Waals surface area contributed by atoms with Crippen molar-refractivity contribution in [3.63, 3.8) is 0 Å². The Kier molecular flexibility index (Phi) is 10.6. The minimum absolute atomic E-state index is 0.419. The van der Waals surface area contributed by atoms with Crippen LogP contribution in [0.4, 0.5) is 0 Å². The van der Waals surface area contributed by atoms with Gasteiger partial charge in [0, 0.05) is 19.0 Å². The first-order chi connectivity index (χ1) is 11.5. The van der Waals surface area contributed by atoms with Crippen LogP contribution in [0.25, 0.3) is 0 Å². The molecular weight excluding hydrogens is 300 g/mol. The van der Waals surface area contributed by atoms with Crippen LogP contribution in [-0.2, 0) is 11.5 Å². The molecule has 0 unspecified atom stereocenters. The molecule has 0 spiro atoms. The predicted molar refractivity (Wildman–Crippen MR) is 99.2 cm³/mol. The number of hydrogen-bond donors (Lipinski definition) is 0. The van der Waals surface area contributed by atoms with Crippen molar-refractivity contribution in [3.05, 3.63) is 18.2 Å². The number of nitrogens with zero attached hydrogens (tertiary/aromatic N) is 2. The second-order valence-corrected chi connectivity index (χ2v) is 7.90. The van der Waals surface area contributed by atoms with Gasteiger partial charge >= 0.3 is 0 Å². The SMILES string of the molecule is CC(C)(C)CCCCCCCCCCCOCn1ccnc1C=O. The van der Waals surface area contributed by atoms with E-state index in [1.165, 1.54) is 57.8 Å². The summed E-state index contributed by atoms with van der Waals surface area (Å²) in [5.74, 6) is 0.428. The number of rotatable bonds is 14. The molecule has 0 aliphatic rings. The number of imidazole rings is 1. The summed E-state index contributed by atoms with van der Waals surface area (Å²) >= 11 is 0. The van der Waals surface area contributed by atoms with Gasteiger partial charge in [0.05, 0.1) is 0 Å². The molecule has 0 N–H and O–H groups in total. The zero-order valence-electron chi connectivity index (χ0n) is 15.9. The highest BCUT2D eigenvalue weighted by Gasteiger charge is 2.08. The fourth-order valence-electron chi connectivity index (χ4n) is 2.81. The van der Waals surface area contributed by atoms with Crippen LogP contribution in [0.5, 0.6) is 0 Å². The Morgan fingerprint density at radius 1 is 1.00 bits per heavy atom. The van der Waals surface area contributed by atoms with Gasteiger partial charge in [-0.2, -0.15) is 0 Å². The molecule has 0 aromatic carbocycles. The van der Waals surface area contributed by atoms with E-state index in [1.54, 1.807) is 17.0 Å². The van der Waals surface area contributed by atoms with Gasteiger partial charge in [-0.25, -0.2) is 4.98 Å². The quantitative estimate of drug-likeness (QED) is 0.327. The van der Waals surface area contributed by atoms with Crippen LogP contribution < -0.4 is 0 Å². The van der Waals surface area contributed by atoms with Crippen LogP contribution in [0.15, 0.2) is 12.4 Å². The lowest BCUT2D eigenvalue weighted by molar-refractivity contribution is 0.0712. The van der Waals surface area contributed by atoms with Gasteiger partial charge in [0.25, 0.3) is 0 Å². The first-order valence-electron chi connectivity index (χ1n) is 9.57. The van der Waals surface area contributed by atoms with Gasteiger partial charge < -0.3 is 9.30 Å². The molecule has 0 saturated carbocycles. The van der Waals surface area contributed by atoms with E-state index >= 15 is 0 Å². The molecule has 0 radical (unpaired) electrons. The molecule has 1 heterocycles. The molecule has 0 fully saturated rings. The van der Waals surface area contributed by atoms with Gasteiger partial charge in [-0.05, 0) is 18.3 Å². The summed E-state index contributed by atoms with van der Waals surface area (Å²) in [5.41, 5.74) is 0.495. The van der Waals surface area contributed by atoms with Crippen LogP contribution in [0.3, 0.4) is 0 Å². The third kappa shape index (κ3) is 10.6. The number of aldehydes is 1. The normalized spacial score (nSPS) is 11.8. The van der Waals surface area contributed by atoms with Crippen molar-refractivity contribution in [1.29, 1.82) is 0 Å². The predicted octanol–water partition coefficient (Wildman–Crippen LogP) is 5.62. The average Bonchev–Trinajstić information content (AvgIpc) is 2.98. The highest BCUT2D eigenvalue weighted by atomic mass is 16.5. The van der Waals surface area contributed by atoms with E-state index in [9.17, 15) is 4.79 Å². The fourth-order valence-corrected chi connectivity index (χ4v) is 2.81. The molecule has 0 saturated heterocycles. The highest BCUT2D eigenvalue weighted by molar-refractivity contribution is 5.69. The summed E-state index contributed by atoms with van der Waals surface area (Å²) in [7, 11) is 0. The van der Waals surface area contributed by atoms with Crippen LogP contribution in [0, 0.1) is 5.41 Å². The second-order valence-electron chi connectivity index (χ2n) is 7.90. The van der Waals surface area contributed by atoms with Gasteiger partial charge in [0.1, 0.15) is 6.73 Å². The number of carbonyl (C=O) groups excluding carboxylic acids is 1. The van der Waals surface area contributed by atoms with Crippen LogP contribution >= 0.6 is 0 Å². The van der Waals surface area contributed by atoms with E-state index in [4.69, 9.17) is 4.74 Å². The van der Waals surface area contributed by atoms with Crippen LogP contribution in [0.2, 0.25) is 0 Å². The molecule has 1 aromatic heterocycles. The second kappa shape index (κ2) is 12.2. The molecule has 138 valence electrons. The molecule has 1 rings (SSSR count). The average molecular weight is 337 g/mol. The lowest BCUT2D eigenvalue weighted by Gasteiger charge is -2.17. The third-order valence-corrected chi connectivity index (χ3v) is 4.30. The highest BCUT2D eigenvalue weighted by Crippen LogP contribution is 2.22. The molecule has 24 heavy (non-hydrogen) atoms. The summed E-state index contributed by atoms with van der Waals surface area (Å²) in [6, 6.07) is 0. The van der Waals surface area contributed by atoms with Crippen molar-refractivity contribution >= 4 is 6.29 Å². The van der Waals surface area contributed by atoms with Gasteiger partial charge in [0.2, 0.25) is 0 Å². The van der Waals surface area contributed by atoms with Gasteiger partial charge in [-0.3, -0.25) is 4.79 Å². The van der Waals surface area contributed by atoms with Crippen LogP contribution in [-0.4, -0.2) is 22.4 Å². The molecule has 0 amide bonds. The van der Waals surface area contributed by atoms with Crippen molar-refractivity contribution in [1.82, 2.24) is 9.55 Å². The minimum atomic E-state index is 0.419. The number of ether oxygens (including phenoxy) is 1. The Balaban J connectivity index is 1.82. The van der Waals surface area contributed by atoms with E-state index in [-0.39, 0.29) is 0 Å². The van der Waals surface area contributed by atoms with Crippen molar-refractivity contribution in [2.24, 2.45) is 5.41 Å². The maximum atomic E-state index is 10.7. The lowest BCUT2D eigenvalue weighted by atomic mass is 9.89. The van der Waals surface area contributed by atoms with Crippen molar-refractivity contribution in [2.75, 3.05) is 6.61 Å². The maximum Gasteiger partial charge on any atom is 0.185 e. The number of carbonyl (C=O) groups is 1. The van der Waals surface area contributed by atoms with Crippen molar-refractivity contribution < 1.29 is 9.53 Å².